The quantitative estimate of drug-likeness (QED) is 0.628. The van der Waals surface area contributed by atoms with E-state index in [1.165, 1.54) is 32.4 Å². The van der Waals surface area contributed by atoms with Gasteiger partial charge in [-0.2, -0.15) is 0 Å². The normalized spacial score (nSPS) is 19.8. The molecule has 0 aliphatic heterocycles. The maximum Gasteiger partial charge on any atom is 0.00271 e. The first kappa shape index (κ1) is 10.0. The predicted molar refractivity (Wildman–Crippen MR) is 54.3 cm³/mol. The van der Waals surface area contributed by atoms with Crippen molar-refractivity contribution in [2.24, 2.45) is 11.3 Å². The van der Waals surface area contributed by atoms with Crippen molar-refractivity contribution < 1.29 is 0 Å². The van der Waals surface area contributed by atoms with Crippen molar-refractivity contribution in [3.63, 3.8) is 0 Å². The van der Waals surface area contributed by atoms with E-state index >= 15 is 0 Å². The Labute approximate surface area is 77.1 Å². The summed E-state index contributed by atoms with van der Waals surface area (Å²) in [7, 11) is 2.25. The van der Waals surface area contributed by atoms with Gasteiger partial charge in [-0.15, -0.1) is 0 Å². The fourth-order valence-corrected chi connectivity index (χ4v) is 1.99. The van der Waals surface area contributed by atoms with E-state index in [4.69, 9.17) is 0 Å². The second kappa shape index (κ2) is 3.78. The topological polar surface area (TPSA) is 3.24 Å². The molecule has 1 fully saturated rings. The Morgan fingerprint density at radius 2 is 1.83 bits per heavy atom. The minimum Gasteiger partial charge on any atom is -0.306 e. The summed E-state index contributed by atoms with van der Waals surface area (Å²) in [6.07, 6.45) is 4.40. The summed E-state index contributed by atoms with van der Waals surface area (Å²) in [6.45, 7) is 9.47. The van der Waals surface area contributed by atoms with E-state index in [1.54, 1.807) is 0 Å². The Hall–Kier alpha value is -0.0400. The minimum absolute atomic E-state index is 0.457. The summed E-state index contributed by atoms with van der Waals surface area (Å²) < 4.78 is 0. The first-order valence-corrected chi connectivity index (χ1v) is 5.16. The summed E-state index contributed by atoms with van der Waals surface area (Å²) in [6, 6.07) is 0. The molecule has 0 atom stereocenters. The molecular weight excluding hydrogens is 146 g/mol. The van der Waals surface area contributed by atoms with Gasteiger partial charge in [-0.25, -0.2) is 0 Å². The van der Waals surface area contributed by atoms with Crippen molar-refractivity contribution in [1.29, 1.82) is 0 Å². The summed E-state index contributed by atoms with van der Waals surface area (Å²) >= 11 is 0. The second-order valence-electron chi connectivity index (χ2n) is 5.55. The van der Waals surface area contributed by atoms with Crippen LogP contribution in [0.4, 0.5) is 0 Å². The lowest BCUT2D eigenvalue weighted by Gasteiger charge is -2.33. The van der Waals surface area contributed by atoms with Crippen LogP contribution in [0.1, 0.15) is 40.0 Å². The Balaban J connectivity index is 2.14. The Kier molecular flexibility index (Phi) is 3.16. The fourth-order valence-electron chi connectivity index (χ4n) is 1.99. The lowest BCUT2D eigenvalue weighted by Crippen LogP contribution is -2.35. The van der Waals surface area contributed by atoms with Gasteiger partial charge in [0.2, 0.25) is 0 Å². The van der Waals surface area contributed by atoms with Crippen LogP contribution in [0.5, 0.6) is 0 Å². The van der Waals surface area contributed by atoms with Gasteiger partial charge >= 0.3 is 0 Å². The van der Waals surface area contributed by atoms with Gasteiger partial charge in [0.1, 0.15) is 0 Å². The van der Waals surface area contributed by atoms with Gasteiger partial charge < -0.3 is 4.90 Å². The zero-order chi connectivity index (χ0) is 9.19. The number of hydrogen-bond donors (Lipinski definition) is 0. The number of nitrogens with zero attached hydrogens (tertiary/aromatic N) is 1. The molecule has 1 saturated carbocycles. The number of hydrogen-bond acceptors (Lipinski definition) is 1. The van der Waals surface area contributed by atoms with Crippen LogP contribution in [0.3, 0.4) is 0 Å². The van der Waals surface area contributed by atoms with Crippen molar-refractivity contribution in [2.45, 2.75) is 40.0 Å². The fraction of sp³-hybridized carbons (Fsp3) is 1.00. The van der Waals surface area contributed by atoms with E-state index in [0.717, 1.165) is 5.92 Å². The molecule has 0 bridgehead atoms. The Bertz CT molecular complexity index is 130. The molecule has 12 heavy (non-hydrogen) atoms. The highest BCUT2D eigenvalue weighted by Gasteiger charge is 2.21. The molecule has 0 spiro atoms. The molecule has 0 unspecified atom stereocenters. The van der Waals surface area contributed by atoms with Gasteiger partial charge in [-0.3, -0.25) is 0 Å². The van der Waals surface area contributed by atoms with Crippen molar-refractivity contribution in [3.05, 3.63) is 0 Å². The van der Waals surface area contributed by atoms with Gasteiger partial charge in [0, 0.05) is 13.1 Å². The van der Waals surface area contributed by atoms with Crippen LogP contribution in [-0.2, 0) is 0 Å². The van der Waals surface area contributed by atoms with E-state index < -0.39 is 0 Å². The molecule has 0 saturated heterocycles. The molecule has 1 rings (SSSR count). The molecule has 0 amide bonds. The molecule has 0 aromatic carbocycles. The summed E-state index contributed by atoms with van der Waals surface area (Å²) in [5, 5.41) is 0. The Morgan fingerprint density at radius 1 is 1.25 bits per heavy atom. The maximum atomic E-state index is 2.49. The maximum absolute atomic E-state index is 2.49. The molecule has 0 N–H and O–H groups in total. The van der Waals surface area contributed by atoms with Gasteiger partial charge in [0.05, 0.1) is 0 Å². The first-order valence-electron chi connectivity index (χ1n) is 5.16. The zero-order valence-electron chi connectivity index (χ0n) is 9.06. The highest BCUT2D eigenvalue weighted by atomic mass is 15.1. The van der Waals surface area contributed by atoms with Crippen molar-refractivity contribution >= 4 is 0 Å². The van der Waals surface area contributed by atoms with Crippen LogP contribution in [0.15, 0.2) is 0 Å². The third-order valence-electron chi connectivity index (χ3n) is 2.54. The van der Waals surface area contributed by atoms with Crippen LogP contribution in [0.25, 0.3) is 0 Å². The SMILES string of the molecule is CN(CC1CCC1)CC(C)(C)C. The van der Waals surface area contributed by atoms with Crippen molar-refractivity contribution in [2.75, 3.05) is 20.1 Å². The second-order valence-corrected chi connectivity index (χ2v) is 5.55. The molecule has 0 heterocycles. The molecular formula is C11H23N. The van der Waals surface area contributed by atoms with Crippen LogP contribution in [0.2, 0.25) is 0 Å². The van der Waals surface area contributed by atoms with Crippen LogP contribution >= 0.6 is 0 Å². The average Bonchev–Trinajstić information content (AvgIpc) is 1.74. The lowest BCUT2D eigenvalue weighted by atomic mass is 9.84. The van der Waals surface area contributed by atoms with E-state index in [1.807, 2.05) is 0 Å². The molecule has 1 nitrogen and oxygen atoms in total. The summed E-state index contributed by atoms with van der Waals surface area (Å²) in [4.78, 5) is 2.49. The molecule has 1 aliphatic rings. The van der Waals surface area contributed by atoms with E-state index in [9.17, 15) is 0 Å². The summed E-state index contributed by atoms with van der Waals surface area (Å²) in [5.74, 6) is 1.01. The van der Waals surface area contributed by atoms with Gasteiger partial charge in [-0.1, -0.05) is 27.2 Å². The van der Waals surface area contributed by atoms with Crippen LogP contribution < -0.4 is 0 Å². The van der Waals surface area contributed by atoms with Crippen LogP contribution in [-0.4, -0.2) is 25.0 Å². The van der Waals surface area contributed by atoms with Crippen molar-refractivity contribution in [3.8, 4) is 0 Å². The average molecular weight is 169 g/mol. The number of rotatable bonds is 3. The standard InChI is InChI=1S/C11H23N/c1-11(2,3)9-12(4)8-10-6-5-7-10/h10H,5-9H2,1-4H3. The molecule has 0 aromatic heterocycles. The molecule has 1 aliphatic carbocycles. The molecule has 72 valence electrons. The zero-order valence-corrected chi connectivity index (χ0v) is 9.06. The highest BCUT2D eigenvalue weighted by molar-refractivity contribution is 4.74. The van der Waals surface area contributed by atoms with Gasteiger partial charge in [-0.05, 0) is 31.2 Å². The molecule has 1 heteroatoms. The summed E-state index contributed by atoms with van der Waals surface area (Å²) in [5.41, 5.74) is 0.457. The van der Waals surface area contributed by atoms with E-state index in [0.29, 0.717) is 5.41 Å². The Morgan fingerprint density at radius 3 is 2.17 bits per heavy atom. The van der Waals surface area contributed by atoms with Crippen LogP contribution in [0, 0.1) is 11.3 Å². The van der Waals surface area contributed by atoms with Gasteiger partial charge in [0.15, 0.2) is 0 Å². The highest BCUT2D eigenvalue weighted by Crippen LogP contribution is 2.27. The third kappa shape index (κ3) is 3.57. The molecule has 0 aromatic rings. The van der Waals surface area contributed by atoms with E-state index in [-0.39, 0.29) is 0 Å². The third-order valence-corrected chi connectivity index (χ3v) is 2.54. The molecule has 0 radical (unpaired) electrons. The minimum atomic E-state index is 0.457. The first-order chi connectivity index (χ1) is 5.47. The predicted octanol–water partition coefficient (Wildman–Crippen LogP) is 2.76. The van der Waals surface area contributed by atoms with E-state index in [2.05, 4.69) is 32.7 Å². The van der Waals surface area contributed by atoms with Crippen molar-refractivity contribution in [1.82, 2.24) is 4.90 Å². The lowest BCUT2D eigenvalue weighted by molar-refractivity contribution is 0.162. The largest absolute Gasteiger partial charge is 0.306 e. The monoisotopic (exact) mass is 169 g/mol. The smallest absolute Gasteiger partial charge is 0.00271 e. The van der Waals surface area contributed by atoms with Gasteiger partial charge in [0.25, 0.3) is 0 Å².